The molecule has 0 spiro atoms. The second kappa shape index (κ2) is 6.15. The third kappa shape index (κ3) is 2.73. The van der Waals surface area contributed by atoms with Crippen LogP contribution in [0.15, 0.2) is 18.2 Å². The van der Waals surface area contributed by atoms with Gasteiger partial charge in [0.05, 0.1) is 23.6 Å². The van der Waals surface area contributed by atoms with E-state index in [4.69, 9.17) is 0 Å². The number of rotatable bonds is 4. The van der Waals surface area contributed by atoms with Gasteiger partial charge in [-0.2, -0.15) is 0 Å². The maximum Gasteiger partial charge on any atom is 0.295 e. The smallest absolute Gasteiger partial charge is 0.295 e. The third-order valence-corrected chi connectivity index (χ3v) is 3.78. The van der Waals surface area contributed by atoms with Crippen molar-refractivity contribution < 1.29 is 19.5 Å². The van der Waals surface area contributed by atoms with E-state index in [1.807, 2.05) is 0 Å². The molecule has 0 aromatic heterocycles. The van der Waals surface area contributed by atoms with Crippen molar-refractivity contribution in [2.45, 2.75) is 18.9 Å². The lowest BCUT2D eigenvalue weighted by atomic mass is 9.89. The molecular weight excluding hydrogens is 267 g/mol. The number of nitro groups is 1. The van der Waals surface area contributed by atoms with Crippen molar-refractivity contribution in [2.75, 3.05) is 24.7 Å². The molecule has 2 N–H and O–H groups in total. The molecule has 2 rings (SSSR count). The van der Waals surface area contributed by atoms with Crippen LogP contribution in [0.3, 0.4) is 0 Å². The van der Waals surface area contributed by atoms with Crippen LogP contribution in [-0.2, 0) is 0 Å². The van der Waals surface area contributed by atoms with Crippen LogP contribution in [0, 0.1) is 21.8 Å². The van der Waals surface area contributed by atoms with Gasteiger partial charge >= 0.3 is 0 Å². The van der Waals surface area contributed by atoms with Gasteiger partial charge in [0.25, 0.3) is 5.69 Å². The minimum Gasteiger partial charge on any atom is -0.396 e. The van der Waals surface area contributed by atoms with Crippen LogP contribution in [0.4, 0.5) is 15.8 Å². The summed E-state index contributed by atoms with van der Waals surface area (Å²) in [5.41, 5.74) is -0.0318. The first-order valence-corrected chi connectivity index (χ1v) is 6.50. The molecule has 0 bridgehead atoms. The summed E-state index contributed by atoms with van der Waals surface area (Å²) in [4.78, 5) is 12.1. The predicted octanol–water partition coefficient (Wildman–Crippen LogP) is 1.30. The Morgan fingerprint density at radius 2 is 2.15 bits per heavy atom. The summed E-state index contributed by atoms with van der Waals surface area (Å²) in [5, 5.41) is 29.9. The van der Waals surface area contributed by atoms with Gasteiger partial charge in [0.15, 0.2) is 0 Å². The number of benzene rings is 1. The van der Waals surface area contributed by atoms with E-state index in [1.165, 1.54) is 12.1 Å². The van der Waals surface area contributed by atoms with Crippen molar-refractivity contribution in [3.63, 3.8) is 0 Å². The number of anilines is 1. The average Bonchev–Trinajstić information content (AvgIpc) is 2.46. The minimum absolute atomic E-state index is 0.0866. The van der Waals surface area contributed by atoms with Crippen molar-refractivity contribution in [1.82, 2.24) is 0 Å². The van der Waals surface area contributed by atoms with E-state index in [9.17, 15) is 24.7 Å². The van der Waals surface area contributed by atoms with Crippen LogP contribution in [0.2, 0.25) is 0 Å². The SMILES string of the molecule is O=[N+]([O-])c1cc(F)ccc1N1CCC[C@@H](CO)[C@H]1CO. The molecule has 0 radical (unpaired) electrons. The lowest BCUT2D eigenvalue weighted by molar-refractivity contribution is -0.384. The monoisotopic (exact) mass is 284 g/mol. The second-order valence-electron chi connectivity index (χ2n) is 4.92. The zero-order chi connectivity index (χ0) is 14.7. The molecule has 6 nitrogen and oxygen atoms in total. The van der Waals surface area contributed by atoms with E-state index in [1.54, 1.807) is 4.90 Å². The lowest BCUT2D eigenvalue weighted by Crippen LogP contribution is -2.49. The second-order valence-corrected chi connectivity index (χ2v) is 4.92. The standard InChI is InChI=1S/C13H17FN2O4/c14-10-3-4-11(12(6-10)16(19)20)15-5-1-2-9(7-17)13(15)8-18/h3-4,6,9,13,17-18H,1-2,5,7-8H2/t9-,13+/m0/s1. The molecule has 1 aliphatic heterocycles. The summed E-state index contributed by atoms with van der Waals surface area (Å²) >= 11 is 0. The largest absolute Gasteiger partial charge is 0.396 e. The van der Waals surface area contributed by atoms with E-state index in [-0.39, 0.29) is 30.5 Å². The number of aliphatic hydroxyl groups excluding tert-OH is 2. The van der Waals surface area contributed by atoms with Crippen molar-refractivity contribution in [1.29, 1.82) is 0 Å². The number of hydrogen-bond donors (Lipinski definition) is 2. The highest BCUT2D eigenvalue weighted by Gasteiger charge is 2.33. The molecule has 1 saturated heterocycles. The highest BCUT2D eigenvalue weighted by atomic mass is 19.1. The van der Waals surface area contributed by atoms with E-state index in [0.717, 1.165) is 18.9 Å². The van der Waals surface area contributed by atoms with Crippen molar-refractivity contribution in [2.24, 2.45) is 5.92 Å². The third-order valence-electron chi connectivity index (χ3n) is 3.78. The first kappa shape index (κ1) is 14.7. The molecule has 0 unspecified atom stereocenters. The Kier molecular flexibility index (Phi) is 4.51. The Morgan fingerprint density at radius 3 is 2.75 bits per heavy atom. The van der Waals surface area contributed by atoms with Crippen LogP contribution >= 0.6 is 0 Å². The lowest BCUT2D eigenvalue weighted by Gasteiger charge is -2.40. The van der Waals surface area contributed by atoms with Gasteiger partial charge in [-0.25, -0.2) is 4.39 Å². The average molecular weight is 284 g/mol. The molecule has 1 aliphatic rings. The van der Waals surface area contributed by atoms with Crippen LogP contribution in [0.25, 0.3) is 0 Å². The molecule has 1 aromatic rings. The van der Waals surface area contributed by atoms with Crippen molar-refractivity contribution >= 4 is 11.4 Å². The molecule has 2 atom stereocenters. The molecule has 1 aromatic carbocycles. The van der Waals surface area contributed by atoms with E-state index in [0.29, 0.717) is 6.54 Å². The van der Waals surface area contributed by atoms with Gasteiger partial charge in [-0.15, -0.1) is 0 Å². The van der Waals surface area contributed by atoms with Crippen LogP contribution < -0.4 is 4.90 Å². The zero-order valence-corrected chi connectivity index (χ0v) is 10.9. The molecular formula is C13H17FN2O4. The van der Waals surface area contributed by atoms with Crippen molar-refractivity contribution in [3.8, 4) is 0 Å². The fraction of sp³-hybridized carbons (Fsp3) is 0.538. The molecule has 0 aliphatic carbocycles. The van der Waals surface area contributed by atoms with Gasteiger partial charge in [-0.05, 0) is 25.0 Å². The fourth-order valence-electron chi connectivity index (χ4n) is 2.78. The Bertz CT molecular complexity index is 497. The summed E-state index contributed by atoms with van der Waals surface area (Å²) in [5.74, 6) is -0.810. The molecule has 1 fully saturated rings. The topological polar surface area (TPSA) is 86.8 Å². The van der Waals surface area contributed by atoms with Crippen LogP contribution in [0.1, 0.15) is 12.8 Å². The summed E-state index contributed by atoms with van der Waals surface area (Å²) in [6, 6.07) is 3.01. The normalized spacial score (nSPS) is 22.9. The Hall–Kier alpha value is -1.73. The van der Waals surface area contributed by atoms with E-state index in [2.05, 4.69) is 0 Å². The first-order valence-electron chi connectivity index (χ1n) is 6.50. The number of nitro benzene ring substituents is 1. The maximum atomic E-state index is 13.2. The van der Waals surface area contributed by atoms with Gasteiger partial charge in [0.1, 0.15) is 11.5 Å². The van der Waals surface area contributed by atoms with Gasteiger partial charge in [0, 0.05) is 19.1 Å². The minimum atomic E-state index is -0.670. The van der Waals surface area contributed by atoms with Gasteiger partial charge in [-0.1, -0.05) is 0 Å². The number of halogens is 1. The highest BCUT2D eigenvalue weighted by molar-refractivity contribution is 5.64. The molecule has 1 heterocycles. The van der Waals surface area contributed by atoms with Gasteiger partial charge < -0.3 is 15.1 Å². The predicted molar refractivity (Wildman–Crippen MR) is 71.1 cm³/mol. The summed E-state index contributed by atoms with van der Waals surface area (Å²) < 4.78 is 13.2. The number of nitrogens with zero attached hydrogens (tertiary/aromatic N) is 2. The zero-order valence-electron chi connectivity index (χ0n) is 10.9. The van der Waals surface area contributed by atoms with Crippen molar-refractivity contribution in [3.05, 3.63) is 34.1 Å². The number of piperidine rings is 1. The highest BCUT2D eigenvalue weighted by Crippen LogP contribution is 2.35. The Labute approximate surface area is 115 Å². The Morgan fingerprint density at radius 1 is 1.40 bits per heavy atom. The first-order chi connectivity index (χ1) is 9.58. The molecule has 0 saturated carbocycles. The number of hydrogen-bond acceptors (Lipinski definition) is 5. The molecule has 0 amide bonds. The Balaban J connectivity index is 2.40. The van der Waals surface area contributed by atoms with Gasteiger partial charge in [-0.3, -0.25) is 10.1 Å². The van der Waals surface area contributed by atoms with Gasteiger partial charge in [0.2, 0.25) is 0 Å². The molecule has 110 valence electrons. The molecule has 7 heteroatoms. The number of aliphatic hydroxyl groups is 2. The van der Waals surface area contributed by atoms with Crippen LogP contribution in [0.5, 0.6) is 0 Å². The summed E-state index contributed by atoms with van der Waals surface area (Å²) in [6.45, 7) is 0.241. The summed E-state index contributed by atoms with van der Waals surface area (Å²) in [7, 11) is 0. The maximum absolute atomic E-state index is 13.2. The quantitative estimate of drug-likeness (QED) is 0.643. The van der Waals surface area contributed by atoms with Crippen LogP contribution in [-0.4, -0.2) is 40.9 Å². The fourth-order valence-corrected chi connectivity index (χ4v) is 2.78. The molecule has 20 heavy (non-hydrogen) atoms. The summed E-state index contributed by atoms with van der Waals surface area (Å²) in [6.07, 6.45) is 1.52. The van der Waals surface area contributed by atoms with E-state index >= 15 is 0 Å². The van der Waals surface area contributed by atoms with E-state index < -0.39 is 16.8 Å².